The number of nitrogens with zero attached hydrogens (tertiary/aromatic N) is 1. The number of carboxylic acid groups (broad SMARTS) is 1. The molecule has 2 aromatic rings. The first kappa shape index (κ1) is 12.4. The molecule has 0 aliphatic heterocycles. The fourth-order valence-corrected chi connectivity index (χ4v) is 2.72. The molecule has 0 spiro atoms. The maximum atomic E-state index is 11.2. The lowest BCUT2D eigenvalue weighted by atomic mass is 10.1. The molecular formula is C12H11NO4S. The van der Waals surface area contributed by atoms with Crippen LogP contribution in [0.5, 0.6) is 5.06 Å². The number of fused-ring (bicyclic) bond motifs is 1. The van der Waals surface area contributed by atoms with Gasteiger partial charge in [-0.15, -0.1) is 0 Å². The second kappa shape index (κ2) is 5.05. The van der Waals surface area contributed by atoms with Crippen molar-refractivity contribution in [3.05, 3.63) is 29.1 Å². The van der Waals surface area contributed by atoms with Crippen LogP contribution in [0.1, 0.15) is 4.88 Å². The molecule has 0 amide bonds. The second-order valence-corrected chi connectivity index (χ2v) is 4.38. The summed E-state index contributed by atoms with van der Waals surface area (Å²) in [7, 11) is 2.87. The van der Waals surface area contributed by atoms with E-state index in [0.717, 1.165) is 10.8 Å². The maximum absolute atomic E-state index is 11.2. The van der Waals surface area contributed by atoms with Crippen molar-refractivity contribution in [2.75, 3.05) is 14.2 Å². The van der Waals surface area contributed by atoms with Crippen LogP contribution in [0, 0.1) is 0 Å². The zero-order valence-electron chi connectivity index (χ0n) is 9.84. The van der Waals surface area contributed by atoms with Crippen molar-refractivity contribution in [2.24, 2.45) is 5.16 Å². The van der Waals surface area contributed by atoms with Crippen LogP contribution in [-0.2, 0) is 9.63 Å². The van der Waals surface area contributed by atoms with Crippen LogP contribution in [-0.4, -0.2) is 31.0 Å². The smallest absolute Gasteiger partial charge is 0.359 e. The first-order chi connectivity index (χ1) is 8.69. The van der Waals surface area contributed by atoms with E-state index in [1.165, 1.54) is 18.4 Å². The number of ether oxygens (including phenoxy) is 1. The minimum atomic E-state index is -1.13. The van der Waals surface area contributed by atoms with Crippen molar-refractivity contribution in [3.63, 3.8) is 0 Å². The van der Waals surface area contributed by atoms with Crippen LogP contribution < -0.4 is 4.74 Å². The SMILES string of the molecule is CO/N=C(/C(=O)O)c1sc(OC)c2ccccc12. The average Bonchev–Trinajstić information content (AvgIpc) is 2.74. The first-order valence-electron chi connectivity index (χ1n) is 5.09. The molecule has 2 rings (SSSR count). The third-order valence-electron chi connectivity index (χ3n) is 2.37. The fraction of sp³-hybridized carbons (Fsp3) is 0.167. The van der Waals surface area contributed by atoms with E-state index >= 15 is 0 Å². The van der Waals surface area contributed by atoms with Crippen LogP contribution in [0.2, 0.25) is 0 Å². The summed E-state index contributed by atoms with van der Waals surface area (Å²) >= 11 is 1.24. The summed E-state index contributed by atoms with van der Waals surface area (Å²) in [6.45, 7) is 0. The molecule has 0 saturated carbocycles. The Morgan fingerprint density at radius 1 is 1.28 bits per heavy atom. The molecular weight excluding hydrogens is 254 g/mol. The summed E-state index contributed by atoms with van der Waals surface area (Å²) in [4.78, 5) is 16.3. The summed E-state index contributed by atoms with van der Waals surface area (Å²) in [5, 5.41) is 15.0. The van der Waals surface area contributed by atoms with Crippen molar-refractivity contribution in [1.29, 1.82) is 0 Å². The lowest BCUT2D eigenvalue weighted by molar-refractivity contribution is -0.129. The van der Waals surface area contributed by atoms with Crippen molar-refractivity contribution < 1.29 is 19.5 Å². The first-order valence-corrected chi connectivity index (χ1v) is 5.91. The Morgan fingerprint density at radius 2 is 1.94 bits per heavy atom. The van der Waals surface area contributed by atoms with Crippen LogP contribution >= 0.6 is 11.3 Å². The predicted molar refractivity (Wildman–Crippen MR) is 69.6 cm³/mol. The molecule has 0 fully saturated rings. The van der Waals surface area contributed by atoms with E-state index in [2.05, 4.69) is 9.99 Å². The van der Waals surface area contributed by atoms with Gasteiger partial charge >= 0.3 is 5.97 Å². The highest BCUT2D eigenvalue weighted by Gasteiger charge is 2.21. The number of methoxy groups -OCH3 is 1. The summed E-state index contributed by atoms with van der Waals surface area (Å²) in [6, 6.07) is 7.41. The Balaban J connectivity index is 2.71. The maximum Gasteiger partial charge on any atom is 0.359 e. The Labute approximate surface area is 107 Å². The molecule has 0 aliphatic rings. The van der Waals surface area contributed by atoms with Crippen molar-refractivity contribution in [1.82, 2.24) is 0 Å². The molecule has 18 heavy (non-hydrogen) atoms. The number of rotatable bonds is 4. The van der Waals surface area contributed by atoms with Gasteiger partial charge in [0.1, 0.15) is 7.11 Å². The molecule has 1 N–H and O–H groups in total. The van der Waals surface area contributed by atoms with E-state index in [-0.39, 0.29) is 5.71 Å². The minimum Gasteiger partial charge on any atom is -0.487 e. The van der Waals surface area contributed by atoms with Gasteiger partial charge in [-0.3, -0.25) is 0 Å². The number of benzene rings is 1. The normalized spacial score (nSPS) is 11.6. The second-order valence-electron chi connectivity index (χ2n) is 3.40. The molecule has 0 bridgehead atoms. The summed E-state index contributed by atoms with van der Waals surface area (Å²) in [5.41, 5.74) is -0.123. The van der Waals surface area contributed by atoms with Gasteiger partial charge in [0.25, 0.3) is 0 Å². The largest absolute Gasteiger partial charge is 0.487 e. The quantitative estimate of drug-likeness (QED) is 0.680. The Kier molecular flexibility index (Phi) is 3.47. The third kappa shape index (κ3) is 2.02. The van der Waals surface area contributed by atoms with E-state index in [9.17, 15) is 4.79 Å². The number of carbonyl (C=O) groups is 1. The third-order valence-corrected chi connectivity index (χ3v) is 3.56. The summed E-state index contributed by atoms with van der Waals surface area (Å²) in [6.07, 6.45) is 0. The molecule has 0 atom stereocenters. The molecule has 1 aromatic carbocycles. The van der Waals surface area contributed by atoms with Gasteiger partial charge in [0.05, 0.1) is 12.0 Å². The monoisotopic (exact) mass is 265 g/mol. The molecule has 0 saturated heterocycles. The zero-order valence-corrected chi connectivity index (χ0v) is 10.7. The van der Waals surface area contributed by atoms with Crippen LogP contribution in [0.3, 0.4) is 0 Å². The molecule has 5 nitrogen and oxygen atoms in total. The topological polar surface area (TPSA) is 68.1 Å². The van der Waals surface area contributed by atoms with Crippen LogP contribution in [0.25, 0.3) is 10.8 Å². The van der Waals surface area contributed by atoms with Gasteiger partial charge in [0.15, 0.2) is 5.06 Å². The van der Waals surface area contributed by atoms with Gasteiger partial charge in [-0.2, -0.15) is 0 Å². The lowest BCUT2D eigenvalue weighted by Crippen LogP contribution is -2.13. The summed E-state index contributed by atoms with van der Waals surface area (Å²) < 4.78 is 5.25. The van der Waals surface area contributed by atoms with Gasteiger partial charge in [-0.25, -0.2) is 4.79 Å². The van der Waals surface area contributed by atoms with Gasteiger partial charge in [0, 0.05) is 10.8 Å². The molecule has 6 heteroatoms. The van der Waals surface area contributed by atoms with E-state index in [1.54, 1.807) is 7.11 Å². The Hall–Kier alpha value is -2.08. The number of hydrogen-bond acceptors (Lipinski definition) is 5. The number of aliphatic carboxylic acids is 1. The molecule has 0 aliphatic carbocycles. The van der Waals surface area contributed by atoms with E-state index in [4.69, 9.17) is 9.84 Å². The van der Waals surface area contributed by atoms with Crippen molar-refractivity contribution in [3.8, 4) is 5.06 Å². The number of oxime groups is 1. The molecule has 1 aromatic heterocycles. The van der Waals surface area contributed by atoms with Crippen molar-refractivity contribution >= 4 is 33.8 Å². The van der Waals surface area contributed by atoms with Gasteiger partial charge < -0.3 is 14.7 Å². The number of thiophene rings is 1. The molecule has 1 heterocycles. The summed E-state index contributed by atoms with van der Waals surface area (Å²) in [5.74, 6) is -1.13. The lowest BCUT2D eigenvalue weighted by Gasteiger charge is -1.97. The minimum absolute atomic E-state index is 0.123. The molecule has 0 unspecified atom stereocenters. The van der Waals surface area contributed by atoms with E-state index < -0.39 is 5.97 Å². The highest BCUT2D eigenvalue weighted by Crippen LogP contribution is 2.37. The van der Waals surface area contributed by atoms with Crippen LogP contribution in [0.15, 0.2) is 29.4 Å². The Morgan fingerprint density at radius 3 is 2.50 bits per heavy atom. The number of hydrogen-bond donors (Lipinski definition) is 1. The van der Waals surface area contributed by atoms with E-state index in [0.29, 0.717) is 9.94 Å². The molecule has 0 radical (unpaired) electrons. The van der Waals surface area contributed by atoms with Crippen molar-refractivity contribution in [2.45, 2.75) is 0 Å². The predicted octanol–water partition coefficient (Wildman–Crippen LogP) is 2.35. The fourth-order valence-electron chi connectivity index (χ4n) is 1.66. The highest BCUT2D eigenvalue weighted by atomic mass is 32.1. The van der Waals surface area contributed by atoms with Gasteiger partial charge in [0.2, 0.25) is 5.71 Å². The standard InChI is InChI=1S/C12H11NO4S/c1-16-12-8-6-4-3-5-7(8)10(18-12)9(11(14)15)13-17-2/h3-6H,1-2H3,(H,14,15)/b13-9+. The van der Waals surface area contributed by atoms with Gasteiger partial charge in [-0.05, 0) is 6.07 Å². The molecule has 94 valence electrons. The van der Waals surface area contributed by atoms with E-state index in [1.807, 2.05) is 24.3 Å². The highest BCUT2D eigenvalue weighted by molar-refractivity contribution is 7.18. The Bertz CT molecular complexity index is 618. The average molecular weight is 265 g/mol. The van der Waals surface area contributed by atoms with Gasteiger partial charge in [-0.1, -0.05) is 34.7 Å². The van der Waals surface area contributed by atoms with Crippen LogP contribution in [0.4, 0.5) is 0 Å². The zero-order chi connectivity index (χ0) is 13.1. The number of carboxylic acids is 1.